The number of nitrogens with zero attached hydrogens (tertiary/aromatic N) is 1. The van der Waals surface area contributed by atoms with Crippen LogP contribution in [0.5, 0.6) is 5.75 Å². The van der Waals surface area contributed by atoms with Crippen LogP contribution >= 0.6 is 0 Å². The summed E-state index contributed by atoms with van der Waals surface area (Å²) in [4.78, 5) is 13.9. The molecule has 24 heavy (non-hydrogen) atoms. The molecule has 0 unspecified atom stereocenters. The van der Waals surface area contributed by atoms with Crippen LogP contribution in [0.25, 0.3) is 10.8 Å². The number of carboxylic acid groups (broad SMARTS) is 1. The average Bonchev–Trinajstić information content (AvgIpc) is 3.21. The molecular weight excluding hydrogens is 306 g/mol. The van der Waals surface area contributed by atoms with Gasteiger partial charge in [0.05, 0.1) is 19.3 Å². The number of ether oxygens (including phenoxy) is 2. The first-order valence-corrected chi connectivity index (χ1v) is 8.45. The minimum atomic E-state index is -0.954. The predicted molar refractivity (Wildman–Crippen MR) is 90.7 cm³/mol. The lowest BCUT2D eigenvalue weighted by molar-refractivity contribution is 0.0288. The Morgan fingerprint density at radius 2 is 2.08 bits per heavy atom. The molecule has 126 valence electrons. The fourth-order valence-electron chi connectivity index (χ4n) is 3.71. The molecule has 4 rings (SSSR count). The van der Waals surface area contributed by atoms with Crippen LogP contribution in [0.2, 0.25) is 0 Å². The second-order valence-corrected chi connectivity index (χ2v) is 6.54. The summed E-state index contributed by atoms with van der Waals surface area (Å²) >= 11 is 0. The van der Waals surface area contributed by atoms with Gasteiger partial charge in [0, 0.05) is 19.1 Å². The highest BCUT2D eigenvalue weighted by molar-refractivity contribution is 5.97. The van der Waals surface area contributed by atoms with E-state index in [-0.39, 0.29) is 5.56 Å². The zero-order chi connectivity index (χ0) is 16.5. The van der Waals surface area contributed by atoms with Gasteiger partial charge in [0.1, 0.15) is 11.3 Å². The van der Waals surface area contributed by atoms with Crippen molar-refractivity contribution in [2.45, 2.75) is 25.0 Å². The van der Waals surface area contributed by atoms with Gasteiger partial charge in [-0.2, -0.15) is 0 Å². The molecule has 0 spiro atoms. The number of benzene rings is 2. The second kappa shape index (κ2) is 6.42. The third kappa shape index (κ3) is 2.97. The van der Waals surface area contributed by atoms with Crippen molar-refractivity contribution in [2.75, 3.05) is 26.3 Å². The molecule has 5 heteroatoms. The van der Waals surface area contributed by atoms with Gasteiger partial charge in [-0.25, -0.2) is 4.79 Å². The molecule has 2 aromatic carbocycles. The maximum Gasteiger partial charge on any atom is 0.339 e. The smallest absolute Gasteiger partial charge is 0.339 e. The number of likely N-dealkylation sites (tertiary alicyclic amines) is 1. The fraction of sp³-hybridized carbons (Fsp3) is 0.421. The summed E-state index contributed by atoms with van der Waals surface area (Å²) in [5.41, 5.74) is 0.224. The van der Waals surface area contributed by atoms with Crippen LogP contribution in [0.15, 0.2) is 36.4 Å². The lowest BCUT2D eigenvalue weighted by atomic mass is 10.1. The molecule has 0 amide bonds. The number of morpholine rings is 1. The van der Waals surface area contributed by atoms with Gasteiger partial charge >= 0.3 is 5.97 Å². The van der Waals surface area contributed by atoms with Crippen molar-refractivity contribution < 1.29 is 19.4 Å². The summed E-state index contributed by atoms with van der Waals surface area (Å²) in [6.45, 7) is 3.36. The number of hydrogen-bond acceptors (Lipinski definition) is 4. The first-order chi connectivity index (χ1) is 11.7. The first-order valence-electron chi connectivity index (χ1n) is 8.45. The van der Waals surface area contributed by atoms with Crippen molar-refractivity contribution >= 4 is 16.7 Å². The van der Waals surface area contributed by atoms with Crippen molar-refractivity contribution in [2.24, 2.45) is 0 Å². The van der Waals surface area contributed by atoms with Crippen LogP contribution in [0, 0.1) is 0 Å². The Hall–Kier alpha value is -2.11. The highest BCUT2D eigenvalue weighted by Crippen LogP contribution is 2.28. The van der Waals surface area contributed by atoms with E-state index in [2.05, 4.69) is 4.90 Å². The number of carboxylic acids is 1. The lowest BCUT2D eigenvalue weighted by Gasteiger charge is -2.26. The molecule has 2 bridgehead atoms. The average molecular weight is 327 g/mol. The zero-order valence-corrected chi connectivity index (χ0v) is 13.5. The Bertz CT molecular complexity index is 760. The van der Waals surface area contributed by atoms with Gasteiger partial charge in [0.15, 0.2) is 0 Å². The summed E-state index contributed by atoms with van der Waals surface area (Å²) < 4.78 is 11.4. The molecule has 2 heterocycles. The predicted octanol–water partition coefficient (Wildman–Crippen LogP) is 2.78. The van der Waals surface area contributed by atoms with E-state index in [1.54, 1.807) is 6.07 Å². The minimum absolute atomic E-state index is 0.224. The van der Waals surface area contributed by atoms with E-state index >= 15 is 0 Å². The summed E-state index contributed by atoms with van der Waals surface area (Å²) in [5.74, 6) is -0.503. The van der Waals surface area contributed by atoms with Crippen molar-refractivity contribution in [3.63, 3.8) is 0 Å². The molecule has 0 aliphatic carbocycles. The molecule has 5 nitrogen and oxygen atoms in total. The Morgan fingerprint density at radius 1 is 1.29 bits per heavy atom. The van der Waals surface area contributed by atoms with Crippen molar-refractivity contribution in [3.05, 3.63) is 42.0 Å². The topological polar surface area (TPSA) is 59.0 Å². The lowest BCUT2D eigenvalue weighted by Crippen LogP contribution is -2.37. The quantitative estimate of drug-likeness (QED) is 0.827. The number of rotatable bonds is 6. The largest absolute Gasteiger partial charge is 0.493 e. The van der Waals surface area contributed by atoms with E-state index in [1.165, 1.54) is 0 Å². The van der Waals surface area contributed by atoms with Gasteiger partial charge in [-0.1, -0.05) is 24.3 Å². The molecule has 2 aromatic rings. The highest BCUT2D eigenvalue weighted by Gasteiger charge is 2.38. The van der Waals surface area contributed by atoms with Gasteiger partial charge in [-0.15, -0.1) is 0 Å². The monoisotopic (exact) mass is 327 g/mol. The molecule has 2 fully saturated rings. The summed E-state index contributed by atoms with van der Waals surface area (Å²) in [5, 5.41) is 11.3. The van der Waals surface area contributed by atoms with Crippen LogP contribution in [0.4, 0.5) is 0 Å². The van der Waals surface area contributed by atoms with Crippen LogP contribution in [0.1, 0.15) is 23.2 Å². The van der Waals surface area contributed by atoms with Gasteiger partial charge in [0.2, 0.25) is 0 Å². The fourth-order valence-corrected chi connectivity index (χ4v) is 3.71. The van der Waals surface area contributed by atoms with Crippen LogP contribution in [-0.2, 0) is 4.74 Å². The highest BCUT2D eigenvalue weighted by atomic mass is 16.5. The summed E-state index contributed by atoms with van der Waals surface area (Å²) in [6, 6.07) is 11.8. The Labute approximate surface area is 140 Å². The summed E-state index contributed by atoms with van der Waals surface area (Å²) in [6.07, 6.45) is 2.44. The Morgan fingerprint density at radius 3 is 2.75 bits per heavy atom. The van der Waals surface area contributed by atoms with E-state index in [1.807, 2.05) is 30.3 Å². The van der Waals surface area contributed by atoms with Crippen LogP contribution < -0.4 is 4.74 Å². The van der Waals surface area contributed by atoms with E-state index in [4.69, 9.17) is 9.47 Å². The molecule has 1 N–H and O–H groups in total. The standard InChI is InChI=1S/C19H21NO4/c21-19(22)17-8-13-4-1-2-5-14(13)9-18(17)23-7-3-6-20-11-16-10-15(20)12-24-16/h1-2,4-5,8-9,15-16H,3,6-7,10-12H2,(H,21,22)/t15-,16-/m0/s1. The third-order valence-corrected chi connectivity index (χ3v) is 4.94. The molecule has 0 radical (unpaired) electrons. The van der Waals surface area contributed by atoms with Gasteiger partial charge in [-0.3, -0.25) is 4.90 Å². The number of aromatic carboxylic acids is 1. The Kier molecular flexibility index (Phi) is 4.12. The maximum atomic E-state index is 11.5. The molecular formula is C19H21NO4. The second-order valence-electron chi connectivity index (χ2n) is 6.54. The SMILES string of the molecule is O=C(O)c1cc2ccccc2cc1OCCCN1C[C@@H]2C[C@H]1CO2. The number of hydrogen-bond donors (Lipinski definition) is 1. The Balaban J connectivity index is 1.40. The number of carbonyl (C=O) groups is 1. The van der Waals surface area contributed by atoms with Crippen LogP contribution in [-0.4, -0.2) is 54.4 Å². The molecule has 0 aromatic heterocycles. The van der Waals surface area contributed by atoms with Crippen molar-refractivity contribution in [1.29, 1.82) is 0 Å². The van der Waals surface area contributed by atoms with Crippen molar-refractivity contribution in [3.8, 4) is 5.75 Å². The molecule has 2 saturated heterocycles. The van der Waals surface area contributed by atoms with Crippen molar-refractivity contribution in [1.82, 2.24) is 4.90 Å². The first kappa shape index (κ1) is 15.4. The summed E-state index contributed by atoms with van der Waals surface area (Å²) in [7, 11) is 0. The normalized spacial score (nSPS) is 23.0. The van der Waals surface area contributed by atoms with Gasteiger partial charge in [0.25, 0.3) is 0 Å². The molecule has 2 aliphatic heterocycles. The van der Waals surface area contributed by atoms with E-state index < -0.39 is 5.97 Å². The number of fused-ring (bicyclic) bond motifs is 3. The maximum absolute atomic E-state index is 11.5. The van der Waals surface area contributed by atoms with E-state index in [0.29, 0.717) is 24.5 Å². The molecule has 0 saturated carbocycles. The van der Waals surface area contributed by atoms with E-state index in [9.17, 15) is 9.90 Å². The van der Waals surface area contributed by atoms with Gasteiger partial charge < -0.3 is 14.6 Å². The zero-order valence-electron chi connectivity index (χ0n) is 13.5. The van der Waals surface area contributed by atoms with Gasteiger partial charge in [-0.05, 0) is 35.7 Å². The minimum Gasteiger partial charge on any atom is -0.493 e. The molecule has 2 atom stereocenters. The third-order valence-electron chi connectivity index (χ3n) is 4.94. The van der Waals surface area contributed by atoms with Crippen LogP contribution in [0.3, 0.4) is 0 Å². The van der Waals surface area contributed by atoms with E-state index in [0.717, 1.165) is 43.3 Å². The molecule has 2 aliphatic rings.